The Balaban J connectivity index is 2.36. The minimum absolute atomic E-state index is 0.158. The Kier molecular flexibility index (Phi) is 4.02. The van der Waals surface area contributed by atoms with Gasteiger partial charge in [0, 0.05) is 17.1 Å². The van der Waals surface area contributed by atoms with Crippen LogP contribution in [0.3, 0.4) is 0 Å². The molecule has 1 aromatic carbocycles. The van der Waals surface area contributed by atoms with E-state index in [1.54, 1.807) is 12.1 Å². The summed E-state index contributed by atoms with van der Waals surface area (Å²) in [6.45, 7) is 3.94. The van der Waals surface area contributed by atoms with Gasteiger partial charge in [-0.05, 0) is 43.2 Å². The number of hydrogen-bond acceptors (Lipinski definition) is 3. The second-order valence-corrected chi connectivity index (χ2v) is 4.67. The molecule has 0 saturated carbocycles. The third-order valence-electron chi connectivity index (χ3n) is 2.74. The van der Waals surface area contributed by atoms with Gasteiger partial charge in [0.1, 0.15) is 11.6 Å². The Bertz CT molecular complexity index is 593. The molecule has 0 aliphatic rings. The van der Waals surface area contributed by atoms with E-state index in [4.69, 9.17) is 22.1 Å². The van der Waals surface area contributed by atoms with Crippen LogP contribution in [0, 0.1) is 19.7 Å². The molecule has 100 valence electrons. The van der Waals surface area contributed by atoms with Gasteiger partial charge in [0.15, 0.2) is 0 Å². The number of hydrogen-bond donors (Lipinski definition) is 1. The number of ether oxygens (including phenoxy) is 1. The quantitative estimate of drug-likeness (QED) is 0.932. The summed E-state index contributed by atoms with van der Waals surface area (Å²) in [4.78, 5) is 3.92. The first-order valence-corrected chi connectivity index (χ1v) is 6.18. The lowest BCUT2D eigenvalue weighted by Crippen LogP contribution is -2.02. The van der Waals surface area contributed by atoms with Gasteiger partial charge in [-0.2, -0.15) is 0 Å². The smallest absolute Gasteiger partial charge is 0.223 e. The zero-order valence-electron chi connectivity index (χ0n) is 10.7. The maximum atomic E-state index is 13.1. The molecule has 0 saturated heterocycles. The van der Waals surface area contributed by atoms with Crippen molar-refractivity contribution in [1.29, 1.82) is 0 Å². The Morgan fingerprint density at radius 2 is 1.89 bits per heavy atom. The van der Waals surface area contributed by atoms with Crippen molar-refractivity contribution in [2.45, 2.75) is 20.4 Å². The molecule has 0 aliphatic heterocycles. The van der Waals surface area contributed by atoms with Crippen molar-refractivity contribution in [3.63, 3.8) is 0 Å². The molecule has 1 heterocycles. The molecule has 0 amide bonds. The minimum atomic E-state index is -0.434. The monoisotopic (exact) mass is 280 g/mol. The highest BCUT2D eigenvalue weighted by atomic mass is 35.5. The number of benzene rings is 1. The van der Waals surface area contributed by atoms with E-state index in [2.05, 4.69) is 4.98 Å². The molecule has 1 aromatic heterocycles. The van der Waals surface area contributed by atoms with Gasteiger partial charge in [-0.3, -0.25) is 0 Å². The maximum absolute atomic E-state index is 13.1. The van der Waals surface area contributed by atoms with Crippen LogP contribution in [-0.4, -0.2) is 4.98 Å². The largest absolute Gasteiger partial charge is 0.439 e. The summed E-state index contributed by atoms with van der Waals surface area (Å²) in [5.74, 6) is 0.481. The van der Waals surface area contributed by atoms with Crippen LogP contribution in [0.25, 0.3) is 0 Å². The van der Waals surface area contributed by atoms with Crippen molar-refractivity contribution in [3.05, 3.63) is 51.9 Å². The SMILES string of the molecule is Cc1cc(Oc2ncc(F)cc2CN)cc(C)c1Cl. The molecule has 0 bridgehead atoms. The highest BCUT2D eigenvalue weighted by Gasteiger charge is 2.09. The molecule has 0 atom stereocenters. The first-order valence-electron chi connectivity index (χ1n) is 5.80. The Morgan fingerprint density at radius 1 is 1.26 bits per heavy atom. The Morgan fingerprint density at radius 3 is 2.47 bits per heavy atom. The van der Waals surface area contributed by atoms with E-state index >= 15 is 0 Å². The number of pyridine rings is 1. The molecular weight excluding hydrogens is 267 g/mol. The van der Waals surface area contributed by atoms with Gasteiger partial charge in [0.25, 0.3) is 0 Å². The number of rotatable bonds is 3. The van der Waals surface area contributed by atoms with E-state index in [9.17, 15) is 4.39 Å². The van der Waals surface area contributed by atoms with Crippen LogP contribution in [0.5, 0.6) is 11.6 Å². The normalized spacial score (nSPS) is 10.6. The van der Waals surface area contributed by atoms with Gasteiger partial charge in [-0.25, -0.2) is 9.37 Å². The van der Waals surface area contributed by atoms with E-state index in [0.29, 0.717) is 22.2 Å². The second kappa shape index (κ2) is 5.55. The van der Waals surface area contributed by atoms with Crippen LogP contribution in [0.2, 0.25) is 5.02 Å². The zero-order valence-corrected chi connectivity index (χ0v) is 11.5. The molecule has 19 heavy (non-hydrogen) atoms. The molecule has 0 aliphatic carbocycles. The lowest BCUT2D eigenvalue weighted by molar-refractivity contribution is 0.451. The summed E-state index contributed by atoms with van der Waals surface area (Å²) in [7, 11) is 0. The molecule has 2 rings (SSSR count). The number of nitrogens with zero attached hydrogens (tertiary/aromatic N) is 1. The second-order valence-electron chi connectivity index (χ2n) is 4.30. The van der Waals surface area contributed by atoms with Crippen molar-refractivity contribution in [2.75, 3.05) is 0 Å². The van der Waals surface area contributed by atoms with Crippen LogP contribution >= 0.6 is 11.6 Å². The molecule has 0 fully saturated rings. The highest BCUT2D eigenvalue weighted by Crippen LogP contribution is 2.29. The van der Waals surface area contributed by atoms with Gasteiger partial charge >= 0.3 is 0 Å². The summed E-state index contributed by atoms with van der Waals surface area (Å²) in [6.07, 6.45) is 1.10. The van der Waals surface area contributed by atoms with Gasteiger partial charge < -0.3 is 10.5 Å². The molecule has 3 nitrogen and oxygen atoms in total. The predicted molar refractivity (Wildman–Crippen MR) is 73.1 cm³/mol. The topological polar surface area (TPSA) is 48.1 Å². The van der Waals surface area contributed by atoms with Crippen molar-refractivity contribution in [1.82, 2.24) is 4.98 Å². The maximum Gasteiger partial charge on any atom is 0.223 e. The summed E-state index contributed by atoms with van der Waals surface area (Å²) >= 11 is 6.09. The van der Waals surface area contributed by atoms with E-state index in [1.807, 2.05) is 13.8 Å². The summed E-state index contributed by atoms with van der Waals surface area (Å²) in [6, 6.07) is 4.93. The van der Waals surface area contributed by atoms with Crippen LogP contribution in [-0.2, 0) is 6.54 Å². The first-order chi connectivity index (χ1) is 9.01. The van der Waals surface area contributed by atoms with E-state index in [0.717, 1.165) is 17.3 Å². The standard InChI is InChI=1S/C14H14ClFN2O/c1-8-3-12(4-9(2)13(8)15)19-14-10(6-17)5-11(16)7-18-14/h3-5,7H,6,17H2,1-2H3. The number of aryl methyl sites for hydroxylation is 2. The van der Waals surface area contributed by atoms with Crippen LogP contribution in [0.1, 0.15) is 16.7 Å². The third kappa shape index (κ3) is 3.03. The Labute approximate surface area is 116 Å². The molecule has 5 heteroatoms. The molecule has 0 radical (unpaired) electrons. The van der Waals surface area contributed by atoms with Crippen molar-refractivity contribution in [3.8, 4) is 11.6 Å². The number of aromatic nitrogens is 1. The minimum Gasteiger partial charge on any atom is -0.439 e. The molecule has 2 aromatic rings. The predicted octanol–water partition coefficient (Wildman–Crippen LogP) is 3.74. The highest BCUT2D eigenvalue weighted by molar-refractivity contribution is 6.32. The first kappa shape index (κ1) is 13.8. The molecular formula is C14H14ClFN2O. The number of halogens is 2. The van der Waals surface area contributed by atoms with E-state index in [1.165, 1.54) is 6.07 Å². The summed E-state index contributed by atoms with van der Waals surface area (Å²) < 4.78 is 18.7. The van der Waals surface area contributed by atoms with Crippen LogP contribution in [0.4, 0.5) is 4.39 Å². The Hall–Kier alpha value is -1.65. The molecule has 2 N–H and O–H groups in total. The lowest BCUT2D eigenvalue weighted by Gasteiger charge is -2.11. The zero-order chi connectivity index (χ0) is 14.0. The third-order valence-corrected chi connectivity index (χ3v) is 3.33. The van der Waals surface area contributed by atoms with Gasteiger partial charge in [0.2, 0.25) is 5.88 Å². The van der Waals surface area contributed by atoms with Gasteiger partial charge in [0.05, 0.1) is 6.20 Å². The summed E-state index contributed by atoms with van der Waals surface area (Å²) in [5.41, 5.74) is 7.89. The average Bonchev–Trinajstić information content (AvgIpc) is 2.38. The van der Waals surface area contributed by atoms with E-state index in [-0.39, 0.29) is 6.54 Å². The van der Waals surface area contributed by atoms with E-state index < -0.39 is 5.82 Å². The van der Waals surface area contributed by atoms with Gasteiger partial charge in [-0.15, -0.1) is 0 Å². The van der Waals surface area contributed by atoms with Crippen molar-refractivity contribution < 1.29 is 9.13 Å². The average molecular weight is 281 g/mol. The lowest BCUT2D eigenvalue weighted by atomic mass is 10.1. The molecule has 0 unspecified atom stereocenters. The van der Waals surface area contributed by atoms with Crippen molar-refractivity contribution in [2.24, 2.45) is 5.73 Å². The fraction of sp³-hybridized carbons (Fsp3) is 0.214. The van der Waals surface area contributed by atoms with Gasteiger partial charge in [-0.1, -0.05) is 11.6 Å². The fourth-order valence-electron chi connectivity index (χ4n) is 1.78. The molecule has 0 spiro atoms. The van der Waals surface area contributed by atoms with Crippen LogP contribution in [0.15, 0.2) is 24.4 Å². The van der Waals surface area contributed by atoms with Crippen molar-refractivity contribution >= 4 is 11.6 Å². The van der Waals surface area contributed by atoms with Crippen LogP contribution < -0.4 is 10.5 Å². The fourth-order valence-corrected chi connectivity index (χ4v) is 1.89. The summed E-state index contributed by atoms with van der Waals surface area (Å²) in [5, 5.41) is 0.707. The number of nitrogens with two attached hydrogens (primary N) is 1.